The third kappa shape index (κ3) is 4.92. The van der Waals surface area contributed by atoms with E-state index in [1.54, 1.807) is 20.3 Å². The molecule has 0 spiro atoms. The monoisotopic (exact) mass is 369 g/mol. The summed E-state index contributed by atoms with van der Waals surface area (Å²) >= 11 is 0. The lowest BCUT2D eigenvalue weighted by molar-refractivity contribution is 0.224. The largest absolute Gasteiger partial charge is 0.497 e. The van der Waals surface area contributed by atoms with Crippen LogP contribution in [-0.2, 0) is 0 Å². The maximum atomic E-state index is 12.4. The van der Waals surface area contributed by atoms with E-state index in [1.807, 2.05) is 36.4 Å². The molecule has 2 amide bonds. The van der Waals surface area contributed by atoms with Gasteiger partial charge in [-0.2, -0.15) is 0 Å². The number of likely N-dealkylation sites (tertiary alicyclic amines) is 1. The van der Waals surface area contributed by atoms with Gasteiger partial charge >= 0.3 is 6.03 Å². The van der Waals surface area contributed by atoms with Gasteiger partial charge in [-0.25, -0.2) is 4.79 Å². The van der Waals surface area contributed by atoms with Gasteiger partial charge in [0.05, 0.1) is 20.3 Å². The van der Waals surface area contributed by atoms with E-state index < -0.39 is 0 Å². The lowest BCUT2D eigenvalue weighted by atomic mass is 10.0. The fraction of sp³-hybridized carbons (Fsp3) is 0.381. The molecule has 27 heavy (non-hydrogen) atoms. The molecule has 2 aromatic carbocycles. The molecule has 1 saturated heterocycles. The Labute approximate surface area is 160 Å². The summed E-state index contributed by atoms with van der Waals surface area (Å²) in [5, 5.41) is 5.87. The standard InChI is InChI=1S/C21H27N3O3/c1-26-17-9-7-8-16(14-17)23-21(25)22-15-19(24-12-5-6-13-24)18-10-3-4-11-20(18)27-2/h3-4,7-11,14,19H,5-6,12-13,15H2,1-2H3,(H2,22,23,25). The lowest BCUT2D eigenvalue weighted by Crippen LogP contribution is -2.38. The lowest BCUT2D eigenvalue weighted by Gasteiger charge is -2.29. The van der Waals surface area contributed by atoms with E-state index in [0.717, 1.165) is 24.4 Å². The van der Waals surface area contributed by atoms with Gasteiger partial charge in [0.25, 0.3) is 0 Å². The van der Waals surface area contributed by atoms with E-state index in [4.69, 9.17) is 9.47 Å². The summed E-state index contributed by atoms with van der Waals surface area (Å²) in [5.74, 6) is 1.56. The molecule has 3 rings (SSSR count). The molecule has 1 aliphatic rings. The van der Waals surface area contributed by atoms with Crippen molar-refractivity contribution in [3.8, 4) is 11.5 Å². The number of hydrogen-bond acceptors (Lipinski definition) is 4. The topological polar surface area (TPSA) is 62.8 Å². The Kier molecular flexibility index (Phi) is 6.54. The van der Waals surface area contributed by atoms with E-state index in [0.29, 0.717) is 18.0 Å². The van der Waals surface area contributed by atoms with Crippen LogP contribution in [0.25, 0.3) is 0 Å². The molecule has 6 nitrogen and oxygen atoms in total. The van der Waals surface area contributed by atoms with Crippen molar-refractivity contribution in [1.82, 2.24) is 10.2 Å². The van der Waals surface area contributed by atoms with Gasteiger partial charge in [-0.3, -0.25) is 4.90 Å². The molecule has 1 unspecified atom stereocenters. The van der Waals surface area contributed by atoms with Crippen LogP contribution in [0.5, 0.6) is 11.5 Å². The highest BCUT2D eigenvalue weighted by molar-refractivity contribution is 5.89. The first kappa shape index (κ1) is 19.0. The number of anilines is 1. The van der Waals surface area contributed by atoms with Crippen molar-refractivity contribution >= 4 is 11.7 Å². The van der Waals surface area contributed by atoms with Crippen molar-refractivity contribution in [2.24, 2.45) is 0 Å². The van der Waals surface area contributed by atoms with E-state index in [2.05, 4.69) is 21.6 Å². The second-order valence-corrected chi connectivity index (χ2v) is 6.57. The zero-order valence-corrected chi connectivity index (χ0v) is 15.9. The minimum Gasteiger partial charge on any atom is -0.497 e. The Bertz CT molecular complexity index is 760. The minimum absolute atomic E-state index is 0.0831. The van der Waals surface area contributed by atoms with E-state index in [1.165, 1.54) is 12.8 Å². The van der Waals surface area contributed by atoms with Crippen LogP contribution < -0.4 is 20.1 Å². The summed E-state index contributed by atoms with van der Waals surface area (Å²) < 4.78 is 10.7. The number of nitrogens with zero attached hydrogens (tertiary/aromatic N) is 1. The molecule has 0 saturated carbocycles. The first-order chi connectivity index (χ1) is 13.2. The first-order valence-corrected chi connectivity index (χ1v) is 9.27. The van der Waals surface area contributed by atoms with Gasteiger partial charge in [0, 0.05) is 23.9 Å². The van der Waals surface area contributed by atoms with E-state index >= 15 is 0 Å². The maximum Gasteiger partial charge on any atom is 0.319 e. The molecule has 2 N–H and O–H groups in total. The number of hydrogen-bond donors (Lipinski definition) is 2. The average Bonchev–Trinajstić information content (AvgIpc) is 3.23. The number of rotatable bonds is 7. The number of carbonyl (C=O) groups is 1. The fourth-order valence-corrected chi connectivity index (χ4v) is 3.50. The molecule has 1 fully saturated rings. The molecule has 6 heteroatoms. The molecular weight excluding hydrogens is 342 g/mol. The number of benzene rings is 2. The molecule has 0 bridgehead atoms. The second kappa shape index (κ2) is 9.28. The number of nitrogens with one attached hydrogen (secondary N) is 2. The van der Waals surface area contributed by atoms with Gasteiger partial charge in [-0.1, -0.05) is 24.3 Å². The van der Waals surface area contributed by atoms with Gasteiger partial charge < -0.3 is 20.1 Å². The number of methoxy groups -OCH3 is 2. The predicted molar refractivity (Wildman–Crippen MR) is 107 cm³/mol. The zero-order valence-electron chi connectivity index (χ0n) is 15.9. The Balaban J connectivity index is 1.68. The van der Waals surface area contributed by atoms with Gasteiger partial charge in [-0.05, 0) is 44.1 Å². The van der Waals surface area contributed by atoms with E-state index in [-0.39, 0.29) is 12.1 Å². The Morgan fingerprint density at radius 2 is 1.85 bits per heavy atom. The van der Waals surface area contributed by atoms with Crippen molar-refractivity contribution in [3.63, 3.8) is 0 Å². The quantitative estimate of drug-likeness (QED) is 0.782. The normalized spacial score (nSPS) is 15.2. The van der Waals surface area contributed by atoms with Crippen molar-refractivity contribution in [2.75, 3.05) is 39.2 Å². The highest BCUT2D eigenvalue weighted by Gasteiger charge is 2.26. The van der Waals surface area contributed by atoms with Crippen LogP contribution in [0, 0.1) is 0 Å². The molecule has 144 valence electrons. The third-order valence-electron chi connectivity index (χ3n) is 4.86. The van der Waals surface area contributed by atoms with Crippen molar-refractivity contribution in [1.29, 1.82) is 0 Å². The van der Waals surface area contributed by atoms with Gasteiger partial charge in [-0.15, -0.1) is 0 Å². The minimum atomic E-state index is -0.234. The van der Waals surface area contributed by atoms with Crippen LogP contribution >= 0.6 is 0 Å². The molecular formula is C21H27N3O3. The summed E-state index contributed by atoms with van der Waals surface area (Å²) in [7, 11) is 3.29. The Morgan fingerprint density at radius 3 is 2.59 bits per heavy atom. The average molecular weight is 369 g/mol. The highest BCUT2D eigenvalue weighted by Crippen LogP contribution is 2.31. The first-order valence-electron chi connectivity index (χ1n) is 9.27. The van der Waals surface area contributed by atoms with Crippen molar-refractivity contribution < 1.29 is 14.3 Å². The molecule has 0 aliphatic carbocycles. The van der Waals surface area contributed by atoms with Crippen molar-refractivity contribution in [3.05, 3.63) is 54.1 Å². The van der Waals surface area contributed by atoms with Crippen LogP contribution in [0.1, 0.15) is 24.4 Å². The highest BCUT2D eigenvalue weighted by atomic mass is 16.5. The summed E-state index contributed by atoms with van der Waals surface area (Å²) in [6.07, 6.45) is 2.36. The van der Waals surface area contributed by atoms with Gasteiger partial charge in [0.1, 0.15) is 11.5 Å². The third-order valence-corrected chi connectivity index (χ3v) is 4.86. The summed E-state index contributed by atoms with van der Waals surface area (Å²) in [4.78, 5) is 14.8. The number of urea groups is 1. The maximum absolute atomic E-state index is 12.4. The molecule has 1 atom stereocenters. The smallest absolute Gasteiger partial charge is 0.319 e. The number of amides is 2. The summed E-state index contributed by atoms with van der Waals surface area (Å²) in [6, 6.07) is 15.2. The Morgan fingerprint density at radius 1 is 1.07 bits per heavy atom. The zero-order chi connectivity index (χ0) is 19.1. The van der Waals surface area contributed by atoms with Crippen LogP contribution in [0.2, 0.25) is 0 Å². The molecule has 1 aliphatic heterocycles. The van der Waals surface area contributed by atoms with Crippen LogP contribution in [-0.4, -0.2) is 44.8 Å². The fourth-order valence-electron chi connectivity index (χ4n) is 3.50. The van der Waals surface area contributed by atoms with Gasteiger partial charge in [0.15, 0.2) is 0 Å². The predicted octanol–water partition coefficient (Wildman–Crippen LogP) is 3.66. The molecule has 1 heterocycles. The molecule has 2 aromatic rings. The SMILES string of the molecule is COc1cccc(NC(=O)NCC(c2ccccc2OC)N2CCCC2)c1. The van der Waals surface area contributed by atoms with Crippen LogP contribution in [0.3, 0.4) is 0 Å². The number of para-hydroxylation sites is 1. The Hall–Kier alpha value is -2.73. The van der Waals surface area contributed by atoms with Crippen LogP contribution in [0.4, 0.5) is 10.5 Å². The summed E-state index contributed by atoms with van der Waals surface area (Å²) in [6.45, 7) is 2.57. The molecule has 0 radical (unpaired) electrons. The molecule has 0 aromatic heterocycles. The van der Waals surface area contributed by atoms with Crippen molar-refractivity contribution in [2.45, 2.75) is 18.9 Å². The second-order valence-electron chi connectivity index (χ2n) is 6.57. The number of ether oxygens (including phenoxy) is 2. The van der Waals surface area contributed by atoms with Crippen LogP contribution in [0.15, 0.2) is 48.5 Å². The van der Waals surface area contributed by atoms with E-state index in [9.17, 15) is 4.79 Å². The van der Waals surface area contributed by atoms with Gasteiger partial charge in [0.2, 0.25) is 0 Å². The number of carbonyl (C=O) groups excluding carboxylic acids is 1. The summed E-state index contributed by atoms with van der Waals surface area (Å²) in [5.41, 5.74) is 1.80.